The molecule has 1 aliphatic heterocycles. The topological polar surface area (TPSA) is 21.6 Å². The standard InChI is InChI=1S/C7H11NO/c1-2-8-7-5-3-4-6-9-7/h7H,1,3-6H2. The Balaban J connectivity index is 2.31. The first kappa shape index (κ1) is 6.53. The van der Waals surface area contributed by atoms with E-state index in [1.54, 1.807) is 0 Å². The molecule has 0 aliphatic carbocycles. The van der Waals surface area contributed by atoms with E-state index in [-0.39, 0.29) is 6.23 Å². The molecular weight excluding hydrogens is 114 g/mol. The van der Waals surface area contributed by atoms with Crippen LogP contribution in [-0.2, 0) is 4.74 Å². The molecule has 2 heteroatoms. The molecule has 0 N–H and O–H groups in total. The summed E-state index contributed by atoms with van der Waals surface area (Å²) in [7, 11) is 0. The van der Waals surface area contributed by atoms with E-state index < -0.39 is 0 Å². The fourth-order valence-corrected chi connectivity index (χ4v) is 0.927. The van der Waals surface area contributed by atoms with Gasteiger partial charge in [0.2, 0.25) is 0 Å². The smallest absolute Gasteiger partial charge is 0.157 e. The molecule has 1 saturated heterocycles. The van der Waals surface area contributed by atoms with Crippen molar-refractivity contribution in [2.45, 2.75) is 25.5 Å². The van der Waals surface area contributed by atoms with Gasteiger partial charge in [-0.25, -0.2) is 4.99 Å². The van der Waals surface area contributed by atoms with Crippen molar-refractivity contribution in [1.82, 2.24) is 0 Å². The van der Waals surface area contributed by atoms with Gasteiger partial charge >= 0.3 is 0 Å². The zero-order valence-corrected chi connectivity index (χ0v) is 5.47. The van der Waals surface area contributed by atoms with E-state index in [0.29, 0.717) is 0 Å². The zero-order chi connectivity index (χ0) is 6.53. The summed E-state index contributed by atoms with van der Waals surface area (Å²) in [6.45, 7) is 4.23. The Hall–Kier alpha value is -0.590. The number of rotatable bonds is 1. The van der Waals surface area contributed by atoms with Gasteiger partial charge in [-0.05, 0) is 31.7 Å². The minimum atomic E-state index is 0.0521. The quantitative estimate of drug-likeness (QED) is 0.485. The van der Waals surface area contributed by atoms with Crippen molar-refractivity contribution in [2.24, 2.45) is 4.99 Å². The van der Waals surface area contributed by atoms with Crippen molar-refractivity contribution in [3.8, 4) is 0 Å². The lowest BCUT2D eigenvalue weighted by molar-refractivity contribution is 0.0228. The van der Waals surface area contributed by atoms with Gasteiger partial charge in [-0.3, -0.25) is 0 Å². The predicted molar refractivity (Wildman–Crippen MR) is 36.7 cm³/mol. The molecule has 0 aromatic rings. The molecule has 1 fully saturated rings. The van der Waals surface area contributed by atoms with Crippen LogP contribution in [0.15, 0.2) is 11.6 Å². The lowest BCUT2D eigenvalue weighted by Crippen LogP contribution is -2.15. The molecule has 1 atom stereocenters. The second-order valence-electron chi connectivity index (χ2n) is 2.11. The van der Waals surface area contributed by atoms with E-state index in [1.165, 1.54) is 12.8 Å². The van der Waals surface area contributed by atoms with Crippen LogP contribution in [-0.4, -0.2) is 18.7 Å². The van der Waals surface area contributed by atoms with Crippen molar-refractivity contribution in [3.05, 3.63) is 6.58 Å². The molecule has 0 saturated carbocycles. The molecule has 0 radical (unpaired) electrons. The van der Waals surface area contributed by atoms with Gasteiger partial charge in [0.1, 0.15) is 0 Å². The summed E-state index contributed by atoms with van der Waals surface area (Å²) in [4.78, 5) is 3.90. The molecule has 1 heterocycles. The van der Waals surface area contributed by atoms with Crippen LogP contribution in [0, 0.1) is 0 Å². The van der Waals surface area contributed by atoms with Gasteiger partial charge in [0.05, 0.1) is 0 Å². The normalized spacial score (nSPS) is 26.9. The van der Waals surface area contributed by atoms with Crippen LogP contribution in [0.3, 0.4) is 0 Å². The van der Waals surface area contributed by atoms with E-state index >= 15 is 0 Å². The maximum absolute atomic E-state index is 5.25. The number of nitrogens with zero attached hydrogens (tertiary/aromatic N) is 1. The third-order valence-electron chi connectivity index (χ3n) is 1.39. The molecule has 2 nitrogen and oxygen atoms in total. The van der Waals surface area contributed by atoms with Gasteiger partial charge < -0.3 is 4.74 Å². The summed E-state index contributed by atoms with van der Waals surface area (Å²) in [5, 5.41) is 0. The Morgan fingerprint density at radius 2 is 2.44 bits per heavy atom. The molecule has 9 heavy (non-hydrogen) atoms. The SMILES string of the molecule is C=C=NC1CCCCO1. The van der Waals surface area contributed by atoms with E-state index in [2.05, 4.69) is 17.4 Å². The van der Waals surface area contributed by atoms with Gasteiger partial charge in [0, 0.05) is 6.61 Å². The fourth-order valence-electron chi connectivity index (χ4n) is 0.927. The van der Waals surface area contributed by atoms with Crippen molar-refractivity contribution in [3.63, 3.8) is 0 Å². The van der Waals surface area contributed by atoms with Crippen LogP contribution in [0.4, 0.5) is 0 Å². The Kier molecular flexibility index (Phi) is 2.49. The first-order valence-corrected chi connectivity index (χ1v) is 3.27. The Bertz CT molecular complexity index is 121. The number of hydrogen-bond acceptors (Lipinski definition) is 2. The summed E-state index contributed by atoms with van der Waals surface area (Å²) < 4.78 is 5.25. The Morgan fingerprint density at radius 1 is 1.56 bits per heavy atom. The molecule has 0 amide bonds. The van der Waals surface area contributed by atoms with E-state index in [4.69, 9.17) is 4.74 Å². The Morgan fingerprint density at radius 3 is 3.00 bits per heavy atom. The predicted octanol–water partition coefficient (Wildman–Crippen LogP) is 1.37. The lowest BCUT2D eigenvalue weighted by Gasteiger charge is -2.16. The van der Waals surface area contributed by atoms with E-state index in [1.807, 2.05) is 0 Å². The minimum absolute atomic E-state index is 0.0521. The van der Waals surface area contributed by atoms with Crippen LogP contribution in [0.1, 0.15) is 19.3 Å². The second-order valence-corrected chi connectivity index (χ2v) is 2.11. The summed E-state index contributed by atoms with van der Waals surface area (Å²) in [6.07, 6.45) is 3.47. The van der Waals surface area contributed by atoms with Gasteiger partial charge in [-0.15, -0.1) is 0 Å². The number of aliphatic imine (C=N–C) groups is 1. The molecule has 1 aliphatic rings. The molecule has 0 bridgehead atoms. The average molecular weight is 125 g/mol. The van der Waals surface area contributed by atoms with E-state index in [9.17, 15) is 0 Å². The molecule has 0 aromatic carbocycles. The lowest BCUT2D eigenvalue weighted by atomic mass is 10.2. The van der Waals surface area contributed by atoms with Crippen molar-refractivity contribution in [2.75, 3.05) is 6.61 Å². The summed E-state index contributed by atoms with van der Waals surface area (Å²) in [5.41, 5.74) is 0. The van der Waals surface area contributed by atoms with Crippen LogP contribution in [0.2, 0.25) is 0 Å². The largest absolute Gasteiger partial charge is 0.356 e. The van der Waals surface area contributed by atoms with E-state index in [0.717, 1.165) is 13.0 Å². The highest BCUT2D eigenvalue weighted by atomic mass is 16.5. The fraction of sp³-hybridized carbons (Fsp3) is 0.714. The van der Waals surface area contributed by atoms with Crippen molar-refractivity contribution >= 4 is 5.87 Å². The first-order valence-electron chi connectivity index (χ1n) is 3.27. The van der Waals surface area contributed by atoms with Gasteiger partial charge in [-0.1, -0.05) is 0 Å². The molecular formula is C7H11NO. The van der Waals surface area contributed by atoms with Crippen LogP contribution in [0.25, 0.3) is 0 Å². The summed E-state index contributed by atoms with van der Waals surface area (Å²) in [6, 6.07) is 0. The van der Waals surface area contributed by atoms with Crippen LogP contribution in [0.5, 0.6) is 0 Å². The maximum atomic E-state index is 5.25. The highest BCUT2D eigenvalue weighted by molar-refractivity contribution is 5.46. The monoisotopic (exact) mass is 125 g/mol. The highest BCUT2D eigenvalue weighted by Crippen LogP contribution is 2.12. The maximum Gasteiger partial charge on any atom is 0.157 e. The number of hydrogen-bond donors (Lipinski definition) is 0. The van der Waals surface area contributed by atoms with Gasteiger partial charge in [0.25, 0.3) is 0 Å². The first-order chi connectivity index (χ1) is 4.43. The highest BCUT2D eigenvalue weighted by Gasteiger charge is 2.10. The van der Waals surface area contributed by atoms with Gasteiger partial charge in [0.15, 0.2) is 6.23 Å². The number of ether oxygens (including phenoxy) is 1. The van der Waals surface area contributed by atoms with Crippen molar-refractivity contribution in [1.29, 1.82) is 0 Å². The third-order valence-corrected chi connectivity index (χ3v) is 1.39. The Labute approximate surface area is 55.2 Å². The van der Waals surface area contributed by atoms with Crippen LogP contribution >= 0.6 is 0 Å². The molecule has 0 spiro atoms. The molecule has 1 unspecified atom stereocenters. The summed E-state index contributed by atoms with van der Waals surface area (Å²) >= 11 is 0. The van der Waals surface area contributed by atoms with Crippen molar-refractivity contribution < 1.29 is 4.74 Å². The molecule has 0 aromatic heterocycles. The molecule has 1 rings (SSSR count). The van der Waals surface area contributed by atoms with Gasteiger partial charge in [-0.2, -0.15) is 0 Å². The second kappa shape index (κ2) is 3.44. The minimum Gasteiger partial charge on any atom is -0.356 e. The average Bonchev–Trinajstić information content (AvgIpc) is 1.91. The summed E-state index contributed by atoms with van der Waals surface area (Å²) in [5.74, 6) is 2.49. The third kappa shape index (κ3) is 2.00. The van der Waals surface area contributed by atoms with Crippen LogP contribution < -0.4 is 0 Å². The molecule has 50 valence electrons. The zero-order valence-electron chi connectivity index (χ0n) is 5.47.